The second-order valence-corrected chi connectivity index (χ2v) is 6.57. The number of nitrogens with one attached hydrogen (secondary N) is 1. The Morgan fingerprint density at radius 3 is 2.71 bits per heavy atom. The molecule has 1 N–H and O–H groups in total. The summed E-state index contributed by atoms with van der Waals surface area (Å²) in [5, 5.41) is 14.9. The van der Waals surface area contributed by atoms with E-state index in [0.717, 1.165) is 18.4 Å². The van der Waals surface area contributed by atoms with Crippen LogP contribution in [0.3, 0.4) is 0 Å². The number of allylic oxidation sites excluding steroid dienone is 2. The predicted molar refractivity (Wildman–Crippen MR) is 95.3 cm³/mol. The Balaban J connectivity index is 1.79. The van der Waals surface area contributed by atoms with E-state index < -0.39 is 0 Å². The van der Waals surface area contributed by atoms with Gasteiger partial charge in [0.25, 0.3) is 5.69 Å². The number of nitrogens with zero attached hydrogens (tertiary/aromatic N) is 1. The molecule has 0 unspecified atom stereocenters. The summed E-state index contributed by atoms with van der Waals surface area (Å²) in [6.07, 6.45) is 6.43. The molecule has 1 heterocycles. The van der Waals surface area contributed by atoms with Crippen molar-refractivity contribution in [1.82, 2.24) is 0 Å². The van der Waals surface area contributed by atoms with Gasteiger partial charge in [-0.3, -0.25) is 10.1 Å². The average Bonchev–Trinajstić information content (AvgIpc) is 3.10. The maximum atomic E-state index is 11.4. The number of para-hydroxylation sites is 1. The van der Waals surface area contributed by atoms with Crippen LogP contribution in [0.2, 0.25) is 0 Å². The highest BCUT2D eigenvalue weighted by Gasteiger charge is 2.40. The van der Waals surface area contributed by atoms with E-state index in [0.29, 0.717) is 11.6 Å². The van der Waals surface area contributed by atoms with E-state index in [1.807, 2.05) is 6.07 Å². The Bertz CT molecular complexity index is 811. The predicted octanol–water partition coefficient (Wildman–Crippen LogP) is 4.98. The average molecular weight is 320 g/mol. The van der Waals surface area contributed by atoms with Crippen molar-refractivity contribution in [2.45, 2.75) is 31.7 Å². The van der Waals surface area contributed by atoms with Crippen molar-refractivity contribution in [2.24, 2.45) is 5.92 Å². The van der Waals surface area contributed by atoms with Crippen LogP contribution in [0.15, 0.2) is 54.6 Å². The van der Waals surface area contributed by atoms with Crippen molar-refractivity contribution < 1.29 is 4.92 Å². The SMILES string of the molecule is CCc1ccc([C@@H]2Nc3c(cccc3[N+](=O)[O-])[C@@H]3C=CC[C@H]32)cc1. The molecule has 3 atom stereocenters. The van der Waals surface area contributed by atoms with E-state index in [4.69, 9.17) is 0 Å². The lowest BCUT2D eigenvalue weighted by molar-refractivity contribution is -0.384. The van der Waals surface area contributed by atoms with E-state index in [2.05, 4.69) is 48.7 Å². The van der Waals surface area contributed by atoms with Crippen molar-refractivity contribution >= 4 is 11.4 Å². The lowest BCUT2D eigenvalue weighted by Gasteiger charge is -2.37. The molecule has 0 amide bonds. The lowest BCUT2D eigenvalue weighted by Crippen LogP contribution is -2.29. The molecule has 1 aliphatic carbocycles. The van der Waals surface area contributed by atoms with E-state index in [1.54, 1.807) is 12.1 Å². The molecule has 0 aromatic heterocycles. The van der Waals surface area contributed by atoms with Gasteiger partial charge in [0.2, 0.25) is 0 Å². The monoisotopic (exact) mass is 320 g/mol. The summed E-state index contributed by atoms with van der Waals surface area (Å²) in [6, 6.07) is 14.1. The molecule has 0 spiro atoms. The molecule has 2 aromatic carbocycles. The minimum absolute atomic E-state index is 0.101. The van der Waals surface area contributed by atoms with Crippen LogP contribution in [0.5, 0.6) is 0 Å². The van der Waals surface area contributed by atoms with Crippen molar-refractivity contribution in [1.29, 1.82) is 0 Å². The number of hydrogen-bond donors (Lipinski definition) is 1. The van der Waals surface area contributed by atoms with Crippen molar-refractivity contribution in [3.8, 4) is 0 Å². The third-order valence-corrected chi connectivity index (χ3v) is 5.32. The fourth-order valence-electron chi connectivity index (χ4n) is 4.05. The van der Waals surface area contributed by atoms with Crippen molar-refractivity contribution in [3.05, 3.63) is 81.4 Å². The van der Waals surface area contributed by atoms with Crippen molar-refractivity contribution in [3.63, 3.8) is 0 Å². The molecular weight excluding hydrogens is 300 g/mol. The fourth-order valence-corrected chi connectivity index (χ4v) is 4.05. The number of fused-ring (bicyclic) bond motifs is 3. The summed E-state index contributed by atoms with van der Waals surface area (Å²) < 4.78 is 0. The van der Waals surface area contributed by atoms with Gasteiger partial charge in [0, 0.05) is 12.0 Å². The highest BCUT2D eigenvalue weighted by molar-refractivity contribution is 5.71. The number of benzene rings is 2. The van der Waals surface area contributed by atoms with Gasteiger partial charge in [0.1, 0.15) is 5.69 Å². The molecular formula is C20H20N2O2. The molecule has 4 rings (SSSR count). The molecule has 0 fully saturated rings. The van der Waals surface area contributed by atoms with Crippen molar-refractivity contribution in [2.75, 3.05) is 5.32 Å². The summed E-state index contributed by atoms with van der Waals surface area (Å²) >= 11 is 0. The fraction of sp³-hybridized carbons (Fsp3) is 0.300. The third-order valence-electron chi connectivity index (χ3n) is 5.32. The Morgan fingerprint density at radius 2 is 2.00 bits per heavy atom. The van der Waals surface area contributed by atoms with Gasteiger partial charge in [-0.15, -0.1) is 0 Å². The molecule has 2 aromatic rings. The van der Waals surface area contributed by atoms with E-state index in [9.17, 15) is 10.1 Å². The number of anilines is 1. The summed E-state index contributed by atoms with van der Waals surface area (Å²) in [4.78, 5) is 11.1. The highest BCUT2D eigenvalue weighted by atomic mass is 16.6. The molecule has 0 saturated carbocycles. The number of aryl methyl sites for hydroxylation is 1. The van der Waals surface area contributed by atoms with Crippen LogP contribution in [0, 0.1) is 16.0 Å². The first-order chi connectivity index (χ1) is 11.7. The van der Waals surface area contributed by atoms with Gasteiger partial charge in [0.05, 0.1) is 11.0 Å². The van der Waals surface area contributed by atoms with Crippen LogP contribution in [-0.2, 0) is 6.42 Å². The van der Waals surface area contributed by atoms with Gasteiger partial charge in [-0.1, -0.05) is 55.5 Å². The van der Waals surface area contributed by atoms with E-state index in [-0.39, 0.29) is 22.6 Å². The standard InChI is InChI=1S/C20H20N2O2/c1-2-13-9-11-14(12-10-13)19-16-6-3-5-15(16)17-7-4-8-18(22(23)24)20(17)21-19/h3-5,7-12,15-16,19,21H,2,6H2,1H3/t15-,16-,19+/m1/s1. The molecule has 1 aliphatic heterocycles. The minimum atomic E-state index is -0.290. The number of nitro benzene ring substituents is 1. The first-order valence-electron chi connectivity index (χ1n) is 8.48. The third kappa shape index (κ3) is 2.30. The minimum Gasteiger partial charge on any atom is -0.372 e. The van der Waals surface area contributed by atoms with Crippen LogP contribution in [0.4, 0.5) is 11.4 Å². The van der Waals surface area contributed by atoms with Gasteiger partial charge >= 0.3 is 0 Å². The topological polar surface area (TPSA) is 55.2 Å². The van der Waals surface area contributed by atoms with Crippen LogP contribution in [-0.4, -0.2) is 4.92 Å². The van der Waals surface area contributed by atoms with Crippen LogP contribution < -0.4 is 5.32 Å². The molecule has 0 bridgehead atoms. The Hall–Kier alpha value is -2.62. The van der Waals surface area contributed by atoms with E-state index >= 15 is 0 Å². The van der Waals surface area contributed by atoms with Crippen LogP contribution in [0.1, 0.15) is 42.0 Å². The highest BCUT2D eigenvalue weighted by Crippen LogP contribution is 2.51. The van der Waals surface area contributed by atoms with Gasteiger partial charge in [-0.05, 0) is 35.4 Å². The summed E-state index contributed by atoms with van der Waals surface area (Å²) in [7, 11) is 0. The Kier molecular flexibility index (Phi) is 3.60. The normalized spacial score (nSPS) is 24.1. The molecule has 122 valence electrons. The van der Waals surface area contributed by atoms with Gasteiger partial charge in [0.15, 0.2) is 0 Å². The Morgan fingerprint density at radius 1 is 1.21 bits per heavy atom. The summed E-state index contributed by atoms with van der Waals surface area (Å²) in [5.41, 5.74) is 4.41. The molecule has 0 radical (unpaired) electrons. The zero-order valence-electron chi connectivity index (χ0n) is 13.6. The second-order valence-electron chi connectivity index (χ2n) is 6.57. The first kappa shape index (κ1) is 14.9. The zero-order valence-corrected chi connectivity index (χ0v) is 13.6. The largest absolute Gasteiger partial charge is 0.372 e. The van der Waals surface area contributed by atoms with Gasteiger partial charge in [-0.2, -0.15) is 0 Å². The molecule has 2 aliphatic rings. The zero-order chi connectivity index (χ0) is 16.7. The second kappa shape index (κ2) is 5.78. The van der Waals surface area contributed by atoms with Gasteiger partial charge in [-0.25, -0.2) is 0 Å². The number of rotatable bonds is 3. The summed E-state index contributed by atoms with van der Waals surface area (Å²) in [5.74, 6) is 0.656. The quantitative estimate of drug-likeness (QED) is 0.493. The number of nitro groups is 1. The lowest BCUT2D eigenvalue weighted by atomic mass is 9.76. The summed E-state index contributed by atoms with van der Waals surface area (Å²) in [6.45, 7) is 2.14. The number of hydrogen-bond acceptors (Lipinski definition) is 3. The molecule has 4 heteroatoms. The van der Waals surface area contributed by atoms with E-state index in [1.165, 1.54) is 11.1 Å². The maximum Gasteiger partial charge on any atom is 0.292 e. The van der Waals surface area contributed by atoms with Crippen LogP contribution in [0.25, 0.3) is 0 Å². The smallest absolute Gasteiger partial charge is 0.292 e. The maximum absolute atomic E-state index is 11.4. The first-order valence-corrected chi connectivity index (χ1v) is 8.48. The molecule has 4 nitrogen and oxygen atoms in total. The van der Waals surface area contributed by atoms with Gasteiger partial charge < -0.3 is 5.32 Å². The Labute approximate surface area is 141 Å². The van der Waals surface area contributed by atoms with Crippen LogP contribution >= 0.6 is 0 Å². The molecule has 24 heavy (non-hydrogen) atoms. The molecule has 0 saturated heterocycles.